The van der Waals surface area contributed by atoms with Gasteiger partial charge in [-0.3, -0.25) is 10.1 Å². The molecule has 0 aromatic heterocycles. The fraction of sp³-hybridized carbons (Fsp3) is 0.263. The molecule has 0 unspecified atom stereocenters. The average Bonchev–Trinajstić information content (AvgIpc) is 2.50. The molecule has 0 aliphatic carbocycles. The quantitative estimate of drug-likeness (QED) is 0.541. The van der Waals surface area contributed by atoms with E-state index in [1.165, 1.54) is 17.7 Å². The summed E-state index contributed by atoms with van der Waals surface area (Å²) in [6.45, 7) is 14.2. The van der Waals surface area contributed by atoms with Gasteiger partial charge in [0.15, 0.2) is 0 Å². The van der Waals surface area contributed by atoms with Crippen LogP contribution in [0.4, 0.5) is 5.69 Å². The number of rotatable bonds is 4. The molecule has 0 saturated carbocycles. The van der Waals surface area contributed by atoms with Crippen molar-refractivity contribution in [2.75, 3.05) is 0 Å². The molecule has 2 aromatic carbocycles. The number of nitro groups is 1. The summed E-state index contributed by atoms with van der Waals surface area (Å²) in [6.07, 6.45) is 0. The average molecular weight is 311 g/mol. The van der Waals surface area contributed by atoms with E-state index in [0.717, 1.165) is 33.6 Å². The third-order valence-electron chi connectivity index (χ3n) is 4.25. The fourth-order valence-corrected chi connectivity index (χ4v) is 2.83. The van der Waals surface area contributed by atoms with Gasteiger partial charge < -0.3 is 4.74 Å². The Balaban J connectivity index is 2.48. The largest absolute Gasteiger partial charge is 0.457 e. The molecular formula is C19H21NO3. The Morgan fingerprint density at radius 1 is 1.00 bits per heavy atom. The highest BCUT2D eigenvalue weighted by Gasteiger charge is 2.17. The highest BCUT2D eigenvalue weighted by molar-refractivity contribution is 5.72. The number of non-ortho nitro benzene ring substituents is 1. The summed E-state index contributed by atoms with van der Waals surface area (Å²) >= 11 is 0. The van der Waals surface area contributed by atoms with Gasteiger partial charge in [0, 0.05) is 12.1 Å². The Labute approximate surface area is 136 Å². The normalized spacial score (nSPS) is 10.5. The molecule has 0 atom stereocenters. The maximum absolute atomic E-state index is 10.7. The topological polar surface area (TPSA) is 52.4 Å². The van der Waals surface area contributed by atoms with Crippen LogP contribution in [0.15, 0.2) is 30.8 Å². The van der Waals surface area contributed by atoms with E-state index in [9.17, 15) is 10.1 Å². The molecule has 4 nitrogen and oxygen atoms in total. The van der Waals surface area contributed by atoms with Gasteiger partial charge in [-0.05, 0) is 74.6 Å². The lowest BCUT2D eigenvalue weighted by Gasteiger charge is -2.20. The molecule has 120 valence electrons. The molecule has 4 heteroatoms. The van der Waals surface area contributed by atoms with E-state index in [0.29, 0.717) is 5.75 Å². The Kier molecular flexibility index (Phi) is 4.55. The van der Waals surface area contributed by atoms with Gasteiger partial charge in [0.2, 0.25) is 0 Å². The van der Waals surface area contributed by atoms with Gasteiger partial charge in [-0.1, -0.05) is 12.2 Å². The molecule has 0 amide bonds. The Bertz CT molecular complexity index is 760. The first-order valence-electron chi connectivity index (χ1n) is 7.42. The van der Waals surface area contributed by atoms with E-state index < -0.39 is 4.92 Å². The number of hydrogen-bond donors (Lipinski definition) is 0. The molecular weight excluding hydrogens is 290 g/mol. The van der Waals surface area contributed by atoms with E-state index in [2.05, 4.69) is 20.4 Å². The molecule has 0 aliphatic heterocycles. The Hall–Kier alpha value is -2.62. The summed E-state index contributed by atoms with van der Waals surface area (Å²) in [5.74, 6) is 1.39. The molecule has 0 radical (unpaired) electrons. The number of benzene rings is 2. The van der Waals surface area contributed by atoms with Crippen LogP contribution in [-0.2, 0) is 0 Å². The van der Waals surface area contributed by atoms with Crippen LogP contribution in [0, 0.1) is 37.8 Å². The Morgan fingerprint density at radius 2 is 1.48 bits per heavy atom. The minimum absolute atomic E-state index is 0.0517. The van der Waals surface area contributed by atoms with Gasteiger partial charge in [-0.2, -0.15) is 0 Å². The molecule has 0 saturated heterocycles. The van der Waals surface area contributed by atoms with Gasteiger partial charge in [-0.15, -0.1) is 0 Å². The van der Waals surface area contributed by atoms with Crippen LogP contribution in [-0.4, -0.2) is 4.92 Å². The molecule has 2 rings (SSSR count). The van der Waals surface area contributed by atoms with Crippen molar-refractivity contribution >= 4 is 11.3 Å². The van der Waals surface area contributed by atoms with Crippen LogP contribution in [0.25, 0.3) is 5.57 Å². The summed E-state index contributed by atoms with van der Waals surface area (Å²) in [7, 11) is 0. The van der Waals surface area contributed by atoms with Crippen molar-refractivity contribution < 1.29 is 9.66 Å². The third-order valence-corrected chi connectivity index (χ3v) is 4.25. The predicted molar refractivity (Wildman–Crippen MR) is 93.3 cm³/mol. The van der Waals surface area contributed by atoms with Crippen LogP contribution in [0.5, 0.6) is 11.5 Å². The van der Waals surface area contributed by atoms with Gasteiger partial charge in [0.1, 0.15) is 11.5 Å². The molecule has 0 heterocycles. The van der Waals surface area contributed by atoms with Crippen molar-refractivity contribution in [2.24, 2.45) is 0 Å². The van der Waals surface area contributed by atoms with E-state index in [1.54, 1.807) is 12.1 Å². The maximum atomic E-state index is 10.7. The standard InChI is InChI=1S/C19H21NO3/c1-11(2)18-12(3)14(5)19(15(6)13(18)4)23-17-9-7-16(8-10-17)20(21)22/h7-10H,1H2,2-6H3. The van der Waals surface area contributed by atoms with E-state index in [-0.39, 0.29) is 5.69 Å². The van der Waals surface area contributed by atoms with Crippen molar-refractivity contribution in [1.82, 2.24) is 0 Å². The lowest BCUT2D eigenvalue weighted by Crippen LogP contribution is -2.01. The minimum atomic E-state index is -0.420. The van der Waals surface area contributed by atoms with Crippen molar-refractivity contribution in [1.29, 1.82) is 0 Å². The van der Waals surface area contributed by atoms with Crippen molar-refractivity contribution in [3.05, 3.63) is 68.8 Å². The zero-order chi connectivity index (χ0) is 17.3. The number of allylic oxidation sites excluding steroid dienone is 1. The van der Waals surface area contributed by atoms with Crippen LogP contribution in [0.1, 0.15) is 34.7 Å². The number of nitro benzene ring substituents is 1. The Morgan fingerprint density at radius 3 is 1.87 bits per heavy atom. The second kappa shape index (κ2) is 6.24. The highest BCUT2D eigenvalue weighted by atomic mass is 16.6. The summed E-state index contributed by atoms with van der Waals surface area (Å²) in [4.78, 5) is 10.3. The first-order valence-corrected chi connectivity index (χ1v) is 7.42. The van der Waals surface area contributed by atoms with Crippen molar-refractivity contribution in [3.63, 3.8) is 0 Å². The van der Waals surface area contributed by atoms with Gasteiger partial charge in [0.05, 0.1) is 4.92 Å². The minimum Gasteiger partial charge on any atom is -0.457 e. The molecule has 2 aromatic rings. The SMILES string of the molecule is C=C(C)c1c(C)c(C)c(Oc2ccc([N+](=O)[O-])cc2)c(C)c1C. The zero-order valence-electron chi connectivity index (χ0n) is 14.2. The summed E-state index contributed by atoms with van der Waals surface area (Å²) in [5, 5.41) is 10.7. The van der Waals surface area contributed by atoms with Crippen LogP contribution in [0.2, 0.25) is 0 Å². The third kappa shape index (κ3) is 3.11. The van der Waals surface area contributed by atoms with E-state index in [4.69, 9.17) is 4.74 Å². The first kappa shape index (κ1) is 16.7. The second-order valence-electron chi connectivity index (χ2n) is 5.84. The summed E-state index contributed by atoms with van der Waals surface area (Å²) in [6, 6.07) is 6.13. The molecule has 0 fully saturated rings. The van der Waals surface area contributed by atoms with Crippen molar-refractivity contribution in [2.45, 2.75) is 34.6 Å². The summed E-state index contributed by atoms with van der Waals surface area (Å²) in [5.41, 5.74) is 6.68. The molecule has 0 N–H and O–H groups in total. The summed E-state index contributed by atoms with van der Waals surface area (Å²) < 4.78 is 6.02. The van der Waals surface area contributed by atoms with Crippen LogP contribution in [0.3, 0.4) is 0 Å². The maximum Gasteiger partial charge on any atom is 0.269 e. The number of ether oxygens (including phenoxy) is 1. The zero-order valence-corrected chi connectivity index (χ0v) is 14.2. The molecule has 23 heavy (non-hydrogen) atoms. The smallest absolute Gasteiger partial charge is 0.269 e. The fourth-order valence-electron chi connectivity index (χ4n) is 2.83. The van der Waals surface area contributed by atoms with Gasteiger partial charge >= 0.3 is 0 Å². The highest BCUT2D eigenvalue weighted by Crippen LogP contribution is 2.37. The number of nitrogens with zero attached hydrogens (tertiary/aromatic N) is 1. The number of hydrogen-bond acceptors (Lipinski definition) is 3. The molecule has 0 aliphatic rings. The second-order valence-corrected chi connectivity index (χ2v) is 5.84. The van der Waals surface area contributed by atoms with Crippen molar-refractivity contribution in [3.8, 4) is 11.5 Å². The lowest BCUT2D eigenvalue weighted by atomic mass is 9.89. The lowest BCUT2D eigenvalue weighted by molar-refractivity contribution is -0.384. The van der Waals surface area contributed by atoms with Crippen LogP contribution >= 0.6 is 0 Å². The predicted octanol–water partition coefficient (Wildman–Crippen LogP) is 5.65. The monoisotopic (exact) mass is 311 g/mol. The van der Waals surface area contributed by atoms with Gasteiger partial charge in [0.25, 0.3) is 5.69 Å². The first-order chi connectivity index (χ1) is 10.7. The van der Waals surface area contributed by atoms with E-state index in [1.807, 2.05) is 20.8 Å². The van der Waals surface area contributed by atoms with E-state index >= 15 is 0 Å². The molecule has 0 spiro atoms. The van der Waals surface area contributed by atoms with Gasteiger partial charge in [-0.25, -0.2) is 0 Å². The van der Waals surface area contributed by atoms with Crippen LogP contribution < -0.4 is 4.74 Å². The molecule has 0 bridgehead atoms.